The fourth-order valence-electron chi connectivity index (χ4n) is 1.94. The molecule has 4 nitrogen and oxygen atoms in total. The molecule has 0 saturated carbocycles. The molecule has 0 aromatic carbocycles. The first-order valence-electron chi connectivity index (χ1n) is 6.05. The molecule has 1 fully saturated rings. The smallest absolute Gasteiger partial charge is 0.236 e. The molecule has 0 bridgehead atoms. The summed E-state index contributed by atoms with van der Waals surface area (Å²) in [7, 11) is 1.87. The van der Waals surface area contributed by atoms with Crippen molar-refractivity contribution in [3.05, 3.63) is 20.8 Å². The molecule has 0 spiro atoms. The van der Waals surface area contributed by atoms with Crippen molar-refractivity contribution in [1.82, 2.24) is 15.1 Å². The highest BCUT2D eigenvalue weighted by atomic mass is 79.9. The Kier molecular flexibility index (Phi) is 10.0. The van der Waals surface area contributed by atoms with Crippen LogP contribution >= 0.6 is 52.1 Å². The summed E-state index contributed by atoms with van der Waals surface area (Å²) in [6.45, 7) is 5.11. The number of hydrogen-bond acceptors (Lipinski definition) is 4. The summed E-state index contributed by atoms with van der Waals surface area (Å²) < 4.78 is 1.09. The number of thiophene rings is 1. The third-order valence-electron chi connectivity index (χ3n) is 3.01. The molecule has 8 heteroatoms. The Bertz CT molecular complexity index is 413. The molecule has 2 heterocycles. The molecular weight excluding hydrogens is 385 g/mol. The van der Waals surface area contributed by atoms with Crippen LogP contribution in [0, 0.1) is 0 Å². The Morgan fingerprint density at radius 3 is 2.65 bits per heavy atom. The fraction of sp³-hybridized carbons (Fsp3) is 0.583. The standard InChI is InChI=1S/C12H18BrN3OS.2ClH/c1-15(7-11-6-10(13)9-18-11)12(17)8-16-4-2-14-3-5-16;;/h6,9,14H,2-5,7-8H2,1H3;2*1H. The van der Waals surface area contributed by atoms with Crippen molar-refractivity contribution in [2.75, 3.05) is 39.8 Å². The van der Waals surface area contributed by atoms with Crippen molar-refractivity contribution in [1.29, 1.82) is 0 Å². The quantitative estimate of drug-likeness (QED) is 0.835. The first-order valence-corrected chi connectivity index (χ1v) is 7.72. The molecule has 2 rings (SSSR count). The predicted octanol–water partition coefficient (Wildman–Crippen LogP) is 2.22. The molecule has 0 aliphatic carbocycles. The molecule has 1 aliphatic rings. The first kappa shape index (κ1) is 20.1. The van der Waals surface area contributed by atoms with Crippen molar-refractivity contribution in [3.63, 3.8) is 0 Å². The molecule has 0 unspecified atom stereocenters. The second kappa shape index (κ2) is 9.97. The van der Waals surface area contributed by atoms with E-state index in [0.717, 1.165) is 30.7 Å². The van der Waals surface area contributed by atoms with Crippen molar-refractivity contribution >= 4 is 58.0 Å². The SMILES string of the molecule is CN(Cc1cc(Br)cs1)C(=O)CN1CCNCC1.Cl.Cl. The topological polar surface area (TPSA) is 35.6 Å². The van der Waals surface area contributed by atoms with Gasteiger partial charge in [-0.05, 0) is 22.0 Å². The van der Waals surface area contributed by atoms with Gasteiger partial charge in [-0.2, -0.15) is 0 Å². The summed E-state index contributed by atoms with van der Waals surface area (Å²) in [6, 6.07) is 2.07. The zero-order valence-electron chi connectivity index (χ0n) is 11.3. The van der Waals surface area contributed by atoms with Crippen LogP contribution in [0.3, 0.4) is 0 Å². The van der Waals surface area contributed by atoms with Crippen molar-refractivity contribution < 1.29 is 4.79 Å². The first-order chi connectivity index (χ1) is 8.65. The highest BCUT2D eigenvalue weighted by Gasteiger charge is 2.16. The van der Waals surface area contributed by atoms with Crippen LogP contribution in [-0.2, 0) is 11.3 Å². The van der Waals surface area contributed by atoms with E-state index in [1.54, 1.807) is 16.2 Å². The van der Waals surface area contributed by atoms with Crippen molar-refractivity contribution in [2.45, 2.75) is 6.54 Å². The van der Waals surface area contributed by atoms with E-state index in [2.05, 4.69) is 32.2 Å². The summed E-state index contributed by atoms with van der Waals surface area (Å²) in [5.74, 6) is 0.196. The van der Waals surface area contributed by atoms with E-state index in [4.69, 9.17) is 0 Å². The van der Waals surface area contributed by atoms with E-state index in [1.165, 1.54) is 4.88 Å². The maximum Gasteiger partial charge on any atom is 0.236 e. The van der Waals surface area contributed by atoms with Crippen LogP contribution in [0.15, 0.2) is 15.9 Å². The maximum atomic E-state index is 12.1. The van der Waals surface area contributed by atoms with Crippen LogP contribution in [0.5, 0.6) is 0 Å². The van der Waals surface area contributed by atoms with Crippen LogP contribution in [-0.4, -0.2) is 55.5 Å². The molecule has 1 saturated heterocycles. The van der Waals surface area contributed by atoms with Crippen molar-refractivity contribution in [2.24, 2.45) is 0 Å². The molecule has 116 valence electrons. The molecule has 1 amide bonds. The number of carbonyl (C=O) groups is 1. The van der Waals surface area contributed by atoms with Gasteiger partial charge in [0.25, 0.3) is 0 Å². The molecule has 0 atom stereocenters. The zero-order chi connectivity index (χ0) is 13.0. The summed E-state index contributed by atoms with van der Waals surface area (Å²) in [4.78, 5) is 17.3. The molecule has 1 aromatic rings. The number of carbonyl (C=O) groups excluding carboxylic acids is 1. The number of hydrogen-bond donors (Lipinski definition) is 1. The minimum Gasteiger partial charge on any atom is -0.340 e. The van der Waals surface area contributed by atoms with E-state index >= 15 is 0 Å². The summed E-state index contributed by atoms with van der Waals surface area (Å²) in [5.41, 5.74) is 0. The highest BCUT2D eigenvalue weighted by molar-refractivity contribution is 9.10. The number of amides is 1. The molecule has 1 aliphatic heterocycles. The van der Waals surface area contributed by atoms with Crippen LogP contribution in [0.25, 0.3) is 0 Å². The van der Waals surface area contributed by atoms with Gasteiger partial charge in [0.15, 0.2) is 0 Å². The van der Waals surface area contributed by atoms with E-state index in [-0.39, 0.29) is 30.7 Å². The highest BCUT2D eigenvalue weighted by Crippen LogP contribution is 2.20. The Morgan fingerprint density at radius 1 is 1.45 bits per heavy atom. The van der Waals surface area contributed by atoms with Gasteiger partial charge in [0.2, 0.25) is 5.91 Å². The number of halogens is 3. The van der Waals surface area contributed by atoms with Crippen molar-refractivity contribution in [3.8, 4) is 0 Å². The van der Waals surface area contributed by atoms with Crippen LogP contribution < -0.4 is 5.32 Å². The average Bonchev–Trinajstić information content (AvgIpc) is 2.76. The predicted molar refractivity (Wildman–Crippen MR) is 92.3 cm³/mol. The lowest BCUT2D eigenvalue weighted by molar-refractivity contribution is -0.131. The van der Waals surface area contributed by atoms with Gasteiger partial charge in [-0.3, -0.25) is 9.69 Å². The molecular formula is C12H20BrCl2N3OS. The largest absolute Gasteiger partial charge is 0.340 e. The van der Waals surface area contributed by atoms with E-state index in [1.807, 2.05) is 12.4 Å². The Morgan fingerprint density at radius 2 is 2.10 bits per heavy atom. The minimum atomic E-state index is 0. The monoisotopic (exact) mass is 403 g/mol. The third kappa shape index (κ3) is 6.28. The normalized spacial score (nSPS) is 15.1. The lowest BCUT2D eigenvalue weighted by Crippen LogP contribution is -2.47. The van der Waals surface area contributed by atoms with E-state index in [0.29, 0.717) is 13.1 Å². The second-order valence-corrected chi connectivity index (χ2v) is 6.42. The Hall–Kier alpha value is 0.150. The number of piperazine rings is 1. The summed E-state index contributed by atoms with van der Waals surface area (Å²) >= 11 is 5.11. The Labute approximate surface area is 144 Å². The molecule has 1 aromatic heterocycles. The third-order valence-corrected chi connectivity index (χ3v) is 4.69. The minimum absolute atomic E-state index is 0. The van der Waals surface area contributed by atoms with E-state index < -0.39 is 0 Å². The van der Waals surface area contributed by atoms with Gasteiger partial charge in [-0.1, -0.05) is 0 Å². The number of nitrogens with one attached hydrogen (secondary N) is 1. The number of nitrogens with zero attached hydrogens (tertiary/aromatic N) is 2. The zero-order valence-corrected chi connectivity index (χ0v) is 15.3. The molecule has 1 N–H and O–H groups in total. The number of likely N-dealkylation sites (N-methyl/N-ethyl adjacent to an activating group) is 1. The lowest BCUT2D eigenvalue weighted by Gasteiger charge is -2.28. The van der Waals surface area contributed by atoms with Crippen LogP contribution in [0.2, 0.25) is 0 Å². The van der Waals surface area contributed by atoms with Crippen LogP contribution in [0.1, 0.15) is 4.88 Å². The average molecular weight is 405 g/mol. The summed E-state index contributed by atoms with van der Waals surface area (Å²) in [5, 5.41) is 5.34. The van der Waals surface area contributed by atoms with Crippen LogP contribution in [0.4, 0.5) is 0 Å². The fourth-order valence-corrected chi connectivity index (χ4v) is 3.44. The van der Waals surface area contributed by atoms with Gasteiger partial charge in [0.1, 0.15) is 0 Å². The summed E-state index contributed by atoms with van der Waals surface area (Å²) in [6.07, 6.45) is 0. The van der Waals surface area contributed by atoms with Gasteiger partial charge in [-0.25, -0.2) is 0 Å². The Balaban J connectivity index is 0.00000180. The van der Waals surface area contributed by atoms with Gasteiger partial charge in [0, 0.05) is 48.0 Å². The van der Waals surface area contributed by atoms with Gasteiger partial charge in [0.05, 0.1) is 13.1 Å². The van der Waals surface area contributed by atoms with E-state index in [9.17, 15) is 4.79 Å². The van der Waals surface area contributed by atoms with Gasteiger partial charge < -0.3 is 10.2 Å². The lowest BCUT2D eigenvalue weighted by atomic mass is 10.3. The number of rotatable bonds is 4. The van der Waals surface area contributed by atoms with Gasteiger partial charge >= 0.3 is 0 Å². The molecule has 0 radical (unpaired) electrons. The second-order valence-electron chi connectivity index (χ2n) is 4.51. The molecule has 20 heavy (non-hydrogen) atoms. The van der Waals surface area contributed by atoms with Gasteiger partial charge in [-0.15, -0.1) is 36.2 Å². The maximum absolute atomic E-state index is 12.1.